The molecule has 1 aliphatic heterocycles. The maximum atomic E-state index is 12.4. The minimum Gasteiger partial charge on any atom is -0.484 e. The predicted octanol–water partition coefficient (Wildman–Crippen LogP) is 4.61. The summed E-state index contributed by atoms with van der Waals surface area (Å²) < 4.78 is 7.88. The number of nitrogens with zero attached hydrogens (tertiary/aromatic N) is 3. The number of anilines is 1. The topological polar surface area (TPSA) is 59.4 Å². The lowest BCUT2D eigenvalue weighted by atomic mass is 9.99. The second-order valence-corrected chi connectivity index (χ2v) is 8.59. The average molecular weight is 421 g/mol. The van der Waals surface area contributed by atoms with Gasteiger partial charge in [-0.1, -0.05) is 19.1 Å². The van der Waals surface area contributed by atoms with Crippen molar-refractivity contribution >= 4 is 22.6 Å². The summed E-state index contributed by atoms with van der Waals surface area (Å²) in [6.45, 7) is 10.5. The first-order valence-corrected chi connectivity index (χ1v) is 11.2. The molecule has 1 N–H and O–H groups in total. The summed E-state index contributed by atoms with van der Waals surface area (Å²) in [5, 5.41) is 2.93. The van der Waals surface area contributed by atoms with Crippen LogP contribution >= 0.6 is 0 Å². The Kier molecular flexibility index (Phi) is 6.56. The van der Waals surface area contributed by atoms with Crippen molar-refractivity contribution in [2.24, 2.45) is 5.92 Å². The van der Waals surface area contributed by atoms with Gasteiger partial charge in [0.15, 0.2) is 6.61 Å². The van der Waals surface area contributed by atoms with Crippen LogP contribution in [0.1, 0.15) is 38.1 Å². The maximum Gasteiger partial charge on any atom is 0.262 e. The van der Waals surface area contributed by atoms with E-state index in [1.54, 1.807) is 0 Å². The number of fused-ring (bicyclic) bond motifs is 1. The van der Waals surface area contributed by atoms with Crippen molar-refractivity contribution in [3.8, 4) is 5.75 Å². The molecule has 0 radical (unpaired) electrons. The van der Waals surface area contributed by atoms with Gasteiger partial charge in [0.05, 0.1) is 17.6 Å². The third-order valence-electron chi connectivity index (χ3n) is 6.03. The molecule has 1 aliphatic rings. The Hall–Kier alpha value is -2.86. The minimum atomic E-state index is -0.182. The average Bonchev–Trinajstić information content (AvgIpc) is 3.10. The van der Waals surface area contributed by atoms with Gasteiger partial charge < -0.3 is 14.6 Å². The molecule has 2 aromatic carbocycles. The number of aryl methyl sites for hydroxylation is 2. The van der Waals surface area contributed by atoms with E-state index in [2.05, 4.69) is 28.6 Å². The number of carbonyl (C=O) groups is 1. The number of aromatic nitrogens is 2. The molecule has 4 rings (SSSR count). The summed E-state index contributed by atoms with van der Waals surface area (Å²) in [5.41, 5.74) is 3.87. The van der Waals surface area contributed by atoms with E-state index in [1.807, 2.05) is 49.4 Å². The summed E-state index contributed by atoms with van der Waals surface area (Å²) in [5.74, 6) is 2.43. The zero-order valence-electron chi connectivity index (χ0n) is 18.7. The molecule has 164 valence electrons. The number of nitrogens with one attached hydrogen (secondary N) is 1. The van der Waals surface area contributed by atoms with Crippen LogP contribution in [0.5, 0.6) is 5.75 Å². The zero-order chi connectivity index (χ0) is 21.8. The monoisotopic (exact) mass is 420 g/mol. The molecule has 1 saturated heterocycles. The van der Waals surface area contributed by atoms with Crippen LogP contribution in [0.25, 0.3) is 11.0 Å². The van der Waals surface area contributed by atoms with E-state index < -0.39 is 0 Å². The Morgan fingerprint density at radius 3 is 2.74 bits per heavy atom. The lowest BCUT2D eigenvalue weighted by Crippen LogP contribution is -2.33. The number of benzene rings is 2. The number of hydrogen-bond donors (Lipinski definition) is 1. The van der Waals surface area contributed by atoms with Gasteiger partial charge in [-0.15, -0.1) is 0 Å². The van der Waals surface area contributed by atoms with Crippen LogP contribution in [-0.4, -0.2) is 40.1 Å². The molecular formula is C25H32N4O2. The first-order valence-electron chi connectivity index (χ1n) is 11.2. The van der Waals surface area contributed by atoms with Gasteiger partial charge in [0.2, 0.25) is 0 Å². The molecule has 2 heterocycles. The molecule has 31 heavy (non-hydrogen) atoms. The molecule has 1 fully saturated rings. The van der Waals surface area contributed by atoms with Crippen molar-refractivity contribution in [1.29, 1.82) is 0 Å². The van der Waals surface area contributed by atoms with Crippen LogP contribution < -0.4 is 10.1 Å². The van der Waals surface area contributed by atoms with Gasteiger partial charge in [0.25, 0.3) is 5.91 Å². The number of rotatable bonds is 7. The smallest absolute Gasteiger partial charge is 0.262 e. The second-order valence-electron chi connectivity index (χ2n) is 8.59. The van der Waals surface area contributed by atoms with Crippen molar-refractivity contribution in [3.63, 3.8) is 0 Å². The first kappa shape index (κ1) is 21.4. The molecule has 3 aromatic rings. The van der Waals surface area contributed by atoms with E-state index in [1.165, 1.54) is 12.8 Å². The van der Waals surface area contributed by atoms with Crippen LogP contribution in [-0.2, 0) is 17.9 Å². The quantitative estimate of drug-likeness (QED) is 0.606. The molecule has 1 amide bonds. The molecule has 0 saturated carbocycles. The molecule has 0 bridgehead atoms. The summed E-state index contributed by atoms with van der Waals surface area (Å²) >= 11 is 0. The molecule has 0 aliphatic carbocycles. The highest BCUT2D eigenvalue weighted by Crippen LogP contribution is 2.23. The fourth-order valence-electron chi connectivity index (χ4n) is 4.20. The Balaban J connectivity index is 1.43. The third kappa shape index (κ3) is 5.25. The third-order valence-corrected chi connectivity index (χ3v) is 6.03. The number of hydrogen-bond acceptors (Lipinski definition) is 4. The Morgan fingerprint density at radius 2 is 2.00 bits per heavy atom. The normalized spacial score (nSPS) is 15.3. The largest absolute Gasteiger partial charge is 0.484 e. The minimum absolute atomic E-state index is 0.0243. The zero-order valence-corrected chi connectivity index (χ0v) is 18.7. The Morgan fingerprint density at radius 1 is 1.19 bits per heavy atom. The maximum absolute atomic E-state index is 12.4. The van der Waals surface area contributed by atoms with Crippen LogP contribution in [0.15, 0.2) is 42.5 Å². The van der Waals surface area contributed by atoms with Crippen LogP contribution in [0, 0.1) is 12.8 Å². The highest BCUT2D eigenvalue weighted by atomic mass is 16.5. The predicted molar refractivity (Wildman–Crippen MR) is 124 cm³/mol. The first-order chi connectivity index (χ1) is 15.0. The van der Waals surface area contributed by atoms with E-state index in [9.17, 15) is 4.79 Å². The number of likely N-dealkylation sites (tertiary alicyclic amines) is 1. The molecular weight excluding hydrogens is 388 g/mol. The van der Waals surface area contributed by atoms with Crippen molar-refractivity contribution in [3.05, 3.63) is 53.9 Å². The van der Waals surface area contributed by atoms with Crippen molar-refractivity contribution in [2.75, 3.05) is 25.0 Å². The number of carbonyl (C=O) groups excluding carboxylic acids is 1. The Bertz CT molecular complexity index is 1050. The summed E-state index contributed by atoms with van der Waals surface area (Å²) in [6.07, 6.45) is 2.51. The van der Waals surface area contributed by atoms with Gasteiger partial charge in [-0.3, -0.25) is 9.69 Å². The van der Waals surface area contributed by atoms with Gasteiger partial charge in [0.1, 0.15) is 11.6 Å². The van der Waals surface area contributed by atoms with Crippen molar-refractivity contribution in [1.82, 2.24) is 14.5 Å². The van der Waals surface area contributed by atoms with Gasteiger partial charge >= 0.3 is 0 Å². The van der Waals surface area contributed by atoms with Crippen molar-refractivity contribution < 1.29 is 9.53 Å². The molecule has 0 spiro atoms. The summed E-state index contributed by atoms with van der Waals surface area (Å²) in [4.78, 5) is 19.8. The van der Waals surface area contributed by atoms with E-state index >= 15 is 0 Å². The van der Waals surface area contributed by atoms with Crippen LogP contribution in [0.4, 0.5) is 5.69 Å². The molecule has 1 aromatic heterocycles. The van der Waals surface area contributed by atoms with Crippen LogP contribution in [0.2, 0.25) is 0 Å². The Labute approximate surface area is 184 Å². The summed E-state index contributed by atoms with van der Waals surface area (Å²) in [6, 6.07) is 13.6. The van der Waals surface area contributed by atoms with Gasteiger partial charge in [0, 0.05) is 12.2 Å². The van der Waals surface area contributed by atoms with E-state index in [0.717, 1.165) is 60.2 Å². The fraction of sp³-hybridized carbons (Fsp3) is 0.440. The molecule has 0 atom stereocenters. The van der Waals surface area contributed by atoms with Crippen molar-refractivity contribution in [2.45, 2.75) is 46.7 Å². The molecule has 6 nitrogen and oxygen atoms in total. The second kappa shape index (κ2) is 9.52. The van der Waals surface area contributed by atoms with Gasteiger partial charge in [-0.05, 0) is 81.6 Å². The number of piperidine rings is 1. The SMILES string of the molecule is CCn1c(CN2CCC(C)CC2)nc2cc(NC(=O)COc3cccc(C)c3)ccc21. The van der Waals surface area contributed by atoms with Gasteiger partial charge in [-0.25, -0.2) is 4.98 Å². The number of amides is 1. The molecule has 0 unspecified atom stereocenters. The summed E-state index contributed by atoms with van der Waals surface area (Å²) in [7, 11) is 0. The fourth-order valence-corrected chi connectivity index (χ4v) is 4.20. The van der Waals surface area contributed by atoms with E-state index in [-0.39, 0.29) is 12.5 Å². The molecule has 6 heteroatoms. The van der Waals surface area contributed by atoms with Crippen LogP contribution in [0.3, 0.4) is 0 Å². The standard InChI is InChI=1S/C25H32N4O2/c1-4-29-23-9-8-20(26-25(30)17-31-21-7-5-6-19(3)14-21)15-22(23)27-24(29)16-28-12-10-18(2)11-13-28/h5-9,14-15,18H,4,10-13,16-17H2,1-3H3,(H,26,30). The number of imidazole rings is 1. The van der Waals surface area contributed by atoms with E-state index in [0.29, 0.717) is 5.75 Å². The lowest BCUT2D eigenvalue weighted by molar-refractivity contribution is -0.118. The van der Waals surface area contributed by atoms with Gasteiger partial charge in [-0.2, -0.15) is 0 Å². The van der Waals surface area contributed by atoms with E-state index in [4.69, 9.17) is 9.72 Å². The highest BCUT2D eigenvalue weighted by molar-refractivity contribution is 5.94. The number of ether oxygens (including phenoxy) is 1. The highest BCUT2D eigenvalue weighted by Gasteiger charge is 2.19. The lowest BCUT2D eigenvalue weighted by Gasteiger charge is -2.29.